The van der Waals surface area contributed by atoms with Gasteiger partial charge in [0, 0.05) is 28.3 Å². The fraction of sp³-hybridized carbons (Fsp3) is 0.150. The number of aromatic hydroxyl groups is 1. The van der Waals surface area contributed by atoms with Crippen LogP contribution in [0.5, 0.6) is 5.75 Å². The van der Waals surface area contributed by atoms with Gasteiger partial charge in [-0.3, -0.25) is 13.9 Å². The first-order valence-electron chi connectivity index (χ1n) is 9.54. The van der Waals surface area contributed by atoms with Crippen LogP contribution in [0.3, 0.4) is 0 Å². The number of halogens is 1. The van der Waals surface area contributed by atoms with Crippen LogP contribution in [0.4, 0.5) is 5.69 Å². The minimum Gasteiger partial charge on any atom is -0.507 e. The fourth-order valence-electron chi connectivity index (χ4n) is 3.28. The number of anilines is 1. The SMILES string of the molecule is O=C(Nc1ccc(S(=O)(=O)O)c2cc(S(=O)(=O)O)cc(O)c12)c1ccc(CS(=O)(=O)CCCl)cc1. The maximum atomic E-state index is 12.7. The largest absolute Gasteiger partial charge is 0.507 e. The molecule has 0 aromatic heterocycles. The normalized spacial score (nSPS) is 12.5. The molecule has 4 N–H and O–H groups in total. The first-order chi connectivity index (χ1) is 16.1. The summed E-state index contributed by atoms with van der Waals surface area (Å²) in [5, 5.41) is 12.0. The number of sulfone groups is 1. The maximum Gasteiger partial charge on any atom is 0.295 e. The smallest absolute Gasteiger partial charge is 0.295 e. The maximum absolute atomic E-state index is 12.7. The van der Waals surface area contributed by atoms with Gasteiger partial charge < -0.3 is 10.4 Å². The summed E-state index contributed by atoms with van der Waals surface area (Å²) in [6, 6.07) is 8.88. The molecular weight excluding hydrogens is 546 g/mol. The Morgan fingerprint density at radius 3 is 2.06 bits per heavy atom. The predicted octanol–water partition coefficient (Wildman–Crippen LogP) is 2.44. The van der Waals surface area contributed by atoms with Gasteiger partial charge in [0.05, 0.1) is 22.1 Å². The lowest BCUT2D eigenvalue weighted by molar-refractivity contribution is 0.102. The molecular formula is C20H18ClNO10S3. The van der Waals surface area contributed by atoms with Crippen molar-refractivity contribution in [2.24, 2.45) is 0 Å². The minimum atomic E-state index is -4.89. The van der Waals surface area contributed by atoms with Gasteiger partial charge in [0.2, 0.25) is 0 Å². The zero-order chi connectivity index (χ0) is 26.2. The third kappa shape index (κ3) is 6.28. The zero-order valence-electron chi connectivity index (χ0n) is 17.5. The molecule has 0 aliphatic carbocycles. The first kappa shape index (κ1) is 26.8. The Bertz CT molecular complexity index is 1630. The van der Waals surface area contributed by atoms with Gasteiger partial charge >= 0.3 is 0 Å². The third-order valence-electron chi connectivity index (χ3n) is 4.84. The quantitative estimate of drug-likeness (QED) is 0.233. The predicted molar refractivity (Wildman–Crippen MR) is 128 cm³/mol. The van der Waals surface area contributed by atoms with Crippen molar-refractivity contribution in [1.29, 1.82) is 0 Å². The van der Waals surface area contributed by atoms with E-state index in [2.05, 4.69) is 5.32 Å². The molecule has 15 heteroatoms. The Labute approximate surface area is 205 Å². The van der Waals surface area contributed by atoms with Gasteiger partial charge in [0.1, 0.15) is 10.6 Å². The molecule has 3 aromatic rings. The number of phenolic OH excluding ortho intramolecular Hbond substituents is 1. The van der Waals surface area contributed by atoms with E-state index in [0.717, 1.165) is 18.2 Å². The van der Waals surface area contributed by atoms with E-state index < -0.39 is 56.9 Å². The molecule has 0 bridgehead atoms. The van der Waals surface area contributed by atoms with E-state index in [9.17, 15) is 44.3 Å². The van der Waals surface area contributed by atoms with Crippen LogP contribution < -0.4 is 5.32 Å². The second-order valence-corrected chi connectivity index (χ2v) is 12.7. The molecule has 3 rings (SSSR count). The number of hydrogen-bond donors (Lipinski definition) is 4. The molecule has 0 radical (unpaired) electrons. The second kappa shape index (κ2) is 9.72. The average molecular weight is 564 g/mol. The highest BCUT2D eigenvalue weighted by Crippen LogP contribution is 2.38. The van der Waals surface area contributed by atoms with Crippen molar-refractivity contribution in [3.8, 4) is 5.75 Å². The van der Waals surface area contributed by atoms with Gasteiger partial charge in [-0.05, 0) is 35.9 Å². The Morgan fingerprint density at radius 2 is 1.51 bits per heavy atom. The number of nitrogens with one attached hydrogen (secondary N) is 1. The van der Waals surface area contributed by atoms with E-state index in [1.807, 2.05) is 0 Å². The summed E-state index contributed by atoms with van der Waals surface area (Å²) in [5.74, 6) is -2.04. The van der Waals surface area contributed by atoms with Crippen LogP contribution in [0.2, 0.25) is 0 Å². The monoisotopic (exact) mass is 563 g/mol. The Balaban J connectivity index is 2.02. The number of amides is 1. The van der Waals surface area contributed by atoms with E-state index in [1.54, 1.807) is 0 Å². The lowest BCUT2D eigenvalue weighted by Crippen LogP contribution is -2.14. The van der Waals surface area contributed by atoms with Crippen LogP contribution in [0, 0.1) is 0 Å². The molecule has 0 aliphatic rings. The highest BCUT2D eigenvalue weighted by atomic mass is 35.5. The summed E-state index contributed by atoms with van der Waals surface area (Å²) in [6.45, 7) is 0. The summed E-state index contributed by atoms with van der Waals surface area (Å²) in [5.41, 5.74) is 0.375. The van der Waals surface area contributed by atoms with E-state index in [4.69, 9.17) is 11.6 Å². The molecule has 0 aliphatic heterocycles. The van der Waals surface area contributed by atoms with Crippen LogP contribution >= 0.6 is 11.6 Å². The standard InChI is InChI=1S/C20H18ClNO10S3/c21-7-8-33(25,26)11-12-1-3-13(4-2-12)20(24)22-16-5-6-18(35(30,31)32)15-9-14(34(27,28)29)10-17(23)19(15)16/h1-6,9-10,23H,7-8,11H2,(H,22,24)(H,27,28,29)(H,30,31,32). The molecule has 3 aromatic carbocycles. The lowest BCUT2D eigenvalue weighted by Gasteiger charge is -2.14. The summed E-state index contributed by atoms with van der Waals surface area (Å²) in [4.78, 5) is 11.1. The molecule has 0 saturated carbocycles. The van der Waals surface area contributed by atoms with Crippen molar-refractivity contribution in [2.75, 3.05) is 16.9 Å². The number of carbonyl (C=O) groups excluding carboxylic acids is 1. The average Bonchev–Trinajstić information content (AvgIpc) is 2.72. The lowest BCUT2D eigenvalue weighted by atomic mass is 10.1. The second-order valence-electron chi connectivity index (χ2n) is 7.36. The molecule has 0 unspecified atom stereocenters. The molecule has 11 nitrogen and oxygen atoms in total. The van der Waals surface area contributed by atoms with E-state index in [-0.39, 0.29) is 34.0 Å². The van der Waals surface area contributed by atoms with Crippen molar-refractivity contribution < 1.29 is 44.3 Å². The van der Waals surface area contributed by atoms with Crippen LogP contribution in [0.25, 0.3) is 10.8 Å². The number of carbonyl (C=O) groups is 1. The van der Waals surface area contributed by atoms with Crippen LogP contribution in [0.15, 0.2) is 58.3 Å². The highest BCUT2D eigenvalue weighted by Gasteiger charge is 2.23. The molecule has 0 spiro atoms. The highest BCUT2D eigenvalue weighted by molar-refractivity contribution is 7.90. The number of hydrogen-bond acceptors (Lipinski definition) is 8. The summed E-state index contributed by atoms with van der Waals surface area (Å²) < 4.78 is 89.1. The third-order valence-corrected chi connectivity index (χ3v) is 8.60. The summed E-state index contributed by atoms with van der Waals surface area (Å²) >= 11 is 5.47. The molecule has 35 heavy (non-hydrogen) atoms. The van der Waals surface area contributed by atoms with Crippen LogP contribution in [-0.4, -0.2) is 57.0 Å². The van der Waals surface area contributed by atoms with Gasteiger partial charge in [-0.15, -0.1) is 11.6 Å². The Hall–Kier alpha value is -2.75. The number of alkyl halides is 1. The first-order valence-corrected chi connectivity index (χ1v) is 14.8. The van der Waals surface area contributed by atoms with Gasteiger partial charge in [0.15, 0.2) is 9.84 Å². The van der Waals surface area contributed by atoms with E-state index >= 15 is 0 Å². The van der Waals surface area contributed by atoms with E-state index in [0.29, 0.717) is 11.6 Å². The fourth-order valence-corrected chi connectivity index (χ4v) is 6.27. The van der Waals surface area contributed by atoms with Crippen LogP contribution in [0.1, 0.15) is 15.9 Å². The number of fused-ring (bicyclic) bond motifs is 1. The molecule has 1 amide bonds. The van der Waals surface area contributed by atoms with Crippen molar-refractivity contribution in [1.82, 2.24) is 0 Å². The van der Waals surface area contributed by atoms with Crippen molar-refractivity contribution in [3.05, 3.63) is 59.7 Å². The van der Waals surface area contributed by atoms with Crippen molar-refractivity contribution in [2.45, 2.75) is 15.5 Å². The van der Waals surface area contributed by atoms with Crippen molar-refractivity contribution in [3.63, 3.8) is 0 Å². The summed E-state index contributed by atoms with van der Waals surface area (Å²) in [7, 11) is -13.2. The number of benzene rings is 3. The Kier molecular flexibility index (Phi) is 7.45. The topological polar surface area (TPSA) is 192 Å². The molecule has 0 saturated heterocycles. The van der Waals surface area contributed by atoms with Crippen molar-refractivity contribution >= 4 is 64.0 Å². The number of phenols is 1. The molecule has 0 heterocycles. The van der Waals surface area contributed by atoms with Gasteiger partial charge in [-0.25, -0.2) is 8.42 Å². The zero-order valence-corrected chi connectivity index (χ0v) is 20.7. The van der Waals surface area contributed by atoms with Crippen LogP contribution in [-0.2, 0) is 35.8 Å². The molecule has 0 atom stereocenters. The van der Waals surface area contributed by atoms with Gasteiger partial charge in [-0.1, -0.05) is 12.1 Å². The van der Waals surface area contributed by atoms with Gasteiger partial charge in [0.25, 0.3) is 26.1 Å². The number of rotatable bonds is 8. The minimum absolute atomic E-state index is 0.0499. The molecule has 188 valence electrons. The summed E-state index contributed by atoms with van der Waals surface area (Å²) in [6.07, 6.45) is 0. The van der Waals surface area contributed by atoms with E-state index in [1.165, 1.54) is 24.3 Å². The van der Waals surface area contributed by atoms with Gasteiger partial charge in [-0.2, -0.15) is 16.8 Å². The Morgan fingerprint density at radius 1 is 0.886 bits per heavy atom. The molecule has 0 fully saturated rings.